The highest BCUT2D eigenvalue weighted by molar-refractivity contribution is 5.60. The Morgan fingerprint density at radius 3 is 2.10 bits per heavy atom. The second kappa shape index (κ2) is 10.4. The third-order valence-corrected chi connectivity index (χ3v) is 9.34. The Kier molecular flexibility index (Phi) is 7.10. The first-order valence-electron chi connectivity index (χ1n) is 14.6. The van der Waals surface area contributed by atoms with Crippen LogP contribution in [-0.2, 0) is 5.41 Å². The Hall–Kier alpha value is -2.99. The second-order valence-electron chi connectivity index (χ2n) is 12.9. The maximum atomic E-state index is 13.5. The van der Waals surface area contributed by atoms with Gasteiger partial charge in [-0.3, -0.25) is 0 Å². The third kappa shape index (κ3) is 5.60. The van der Waals surface area contributed by atoms with Crippen LogP contribution in [0.5, 0.6) is 5.75 Å². The van der Waals surface area contributed by atoms with Crippen LogP contribution in [0.4, 0.5) is 18.9 Å². The van der Waals surface area contributed by atoms with Gasteiger partial charge in [-0.2, -0.15) is 0 Å². The lowest BCUT2D eigenvalue weighted by Crippen LogP contribution is -2.51. The first-order chi connectivity index (χ1) is 19.1. The number of alkyl halides is 3. The summed E-state index contributed by atoms with van der Waals surface area (Å²) in [4.78, 5) is 0. The molecule has 3 aliphatic rings. The highest BCUT2D eigenvalue weighted by Crippen LogP contribution is 2.59. The molecule has 3 fully saturated rings. The van der Waals surface area contributed by atoms with E-state index in [0.717, 1.165) is 18.4 Å². The monoisotopic (exact) mass is 548 g/mol. The molecular formula is C34H39F3N2O. The van der Waals surface area contributed by atoms with E-state index in [9.17, 15) is 13.2 Å². The van der Waals surface area contributed by atoms with Crippen molar-refractivity contribution in [2.24, 2.45) is 17.8 Å². The van der Waals surface area contributed by atoms with E-state index in [1.807, 2.05) is 18.2 Å². The predicted octanol–water partition coefficient (Wildman–Crippen LogP) is 8.27. The number of fused-ring (bicyclic) bond motifs is 2. The molecule has 3 nitrogen and oxygen atoms in total. The minimum Gasteiger partial charge on any atom is -0.404 e. The zero-order valence-corrected chi connectivity index (χ0v) is 23.4. The Morgan fingerprint density at radius 1 is 0.850 bits per heavy atom. The number of hydrogen-bond donors (Lipinski definition) is 2. The average Bonchev–Trinajstić information content (AvgIpc) is 3.63. The lowest BCUT2D eigenvalue weighted by atomic mass is 9.79. The van der Waals surface area contributed by atoms with Crippen LogP contribution in [0.15, 0.2) is 78.9 Å². The van der Waals surface area contributed by atoms with E-state index < -0.39 is 6.36 Å². The van der Waals surface area contributed by atoms with Crippen LogP contribution in [0.25, 0.3) is 0 Å². The summed E-state index contributed by atoms with van der Waals surface area (Å²) in [7, 11) is 0. The summed E-state index contributed by atoms with van der Waals surface area (Å²) in [5.74, 6) is 1.47. The standard InChI is InChI=1S/C34H39F3N2O/c1-33(2,3)23-17-18-28(40-34(35,36)37)27(19-23)39-32-30-25-16-10-15-24(20-26(25)30)38-31(32)29(21-11-6-4-7-12-21)22-13-8-5-9-14-22/h4-9,11-14,17-19,24-26,29-32,38-39H,10,15-16,20H2,1-3H3. The van der Waals surface area contributed by atoms with Crippen LogP contribution >= 0.6 is 0 Å². The molecule has 0 aromatic heterocycles. The molecule has 3 aromatic rings. The summed E-state index contributed by atoms with van der Waals surface area (Å²) in [5, 5.41) is 7.77. The van der Waals surface area contributed by atoms with Gasteiger partial charge >= 0.3 is 6.36 Å². The fourth-order valence-corrected chi connectivity index (χ4v) is 7.48. The molecule has 0 amide bonds. The van der Waals surface area contributed by atoms with Gasteiger partial charge in [0.05, 0.1) is 5.69 Å². The summed E-state index contributed by atoms with van der Waals surface area (Å²) < 4.78 is 45.2. The molecule has 6 rings (SSSR count). The zero-order chi connectivity index (χ0) is 28.1. The second-order valence-corrected chi connectivity index (χ2v) is 12.9. The molecule has 1 aliphatic heterocycles. The minimum absolute atomic E-state index is 0.00932. The SMILES string of the molecule is CC(C)(C)c1ccc(OC(F)(F)F)c(NC2C(C(c3ccccc3)c3ccccc3)NC3CCCC4C(C3)C42)c1. The summed E-state index contributed by atoms with van der Waals surface area (Å²) in [6.45, 7) is 6.23. The Balaban J connectivity index is 1.47. The molecule has 0 radical (unpaired) electrons. The van der Waals surface area contributed by atoms with Crippen molar-refractivity contribution in [3.63, 3.8) is 0 Å². The van der Waals surface area contributed by atoms with E-state index in [0.29, 0.717) is 29.5 Å². The predicted molar refractivity (Wildman–Crippen MR) is 154 cm³/mol. The van der Waals surface area contributed by atoms with Gasteiger partial charge < -0.3 is 15.4 Å². The van der Waals surface area contributed by atoms with Gasteiger partial charge in [0.25, 0.3) is 0 Å². The van der Waals surface area contributed by atoms with Gasteiger partial charge in [0.2, 0.25) is 0 Å². The summed E-state index contributed by atoms with van der Waals surface area (Å²) in [6, 6.07) is 26.5. The smallest absolute Gasteiger partial charge is 0.404 e. The van der Waals surface area contributed by atoms with Crippen molar-refractivity contribution in [3.05, 3.63) is 95.6 Å². The van der Waals surface area contributed by atoms with Gasteiger partial charge in [-0.25, -0.2) is 0 Å². The van der Waals surface area contributed by atoms with Crippen molar-refractivity contribution < 1.29 is 17.9 Å². The number of anilines is 1. The lowest BCUT2D eigenvalue weighted by molar-refractivity contribution is -0.274. The van der Waals surface area contributed by atoms with Crippen LogP contribution in [0.3, 0.4) is 0 Å². The molecule has 2 N–H and O–H groups in total. The number of rotatable bonds is 6. The van der Waals surface area contributed by atoms with Crippen LogP contribution < -0.4 is 15.4 Å². The Morgan fingerprint density at radius 2 is 1.50 bits per heavy atom. The summed E-state index contributed by atoms with van der Waals surface area (Å²) in [5.41, 5.74) is 3.59. The number of benzene rings is 3. The van der Waals surface area contributed by atoms with E-state index in [4.69, 9.17) is 0 Å². The zero-order valence-electron chi connectivity index (χ0n) is 23.4. The topological polar surface area (TPSA) is 33.3 Å². The number of nitrogens with one attached hydrogen (secondary N) is 2. The highest BCUT2D eigenvalue weighted by atomic mass is 19.4. The molecule has 2 bridgehead atoms. The van der Waals surface area contributed by atoms with Crippen molar-refractivity contribution >= 4 is 5.69 Å². The van der Waals surface area contributed by atoms with Gasteiger partial charge in [0, 0.05) is 24.0 Å². The average molecular weight is 549 g/mol. The molecule has 40 heavy (non-hydrogen) atoms. The van der Waals surface area contributed by atoms with Gasteiger partial charge in [-0.05, 0) is 71.3 Å². The number of halogens is 3. The number of ether oxygens (including phenoxy) is 1. The molecule has 0 spiro atoms. The Labute approximate surface area is 235 Å². The van der Waals surface area contributed by atoms with Crippen LogP contribution in [0, 0.1) is 17.8 Å². The van der Waals surface area contributed by atoms with Crippen molar-refractivity contribution in [2.75, 3.05) is 5.32 Å². The first kappa shape index (κ1) is 27.2. The van der Waals surface area contributed by atoms with Crippen LogP contribution in [0.1, 0.15) is 69.1 Å². The fraction of sp³-hybridized carbons (Fsp3) is 0.471. The van der Waals surface area contributed by atoms with E-state index in [2.05, 4.69) is 84.7 Å². The van der Waals surface area contributed by atoms with Crippen LogP contribution in [0.2, 0.25) is 0 Å². The molecule has 3 aromatic carbocycles. The molecule has 1 saturated heterocycles. The molecule has 2 saturated carbocycles. The molecule has 212 valence electrons. The van der Waals surface area contributed by atoms with E-state index >= 15 is 0 Å². The van der Waals surface area contributed by atoms with Gasteiger partial charge in [-0.15, -0.1) is 13.2 Å². The maximum absolute atomic E-state index is 13.5. The Bertz CT molecular complexity index is 1260. The molecule has 2 aliphatic carbocycles. The van der Waals surface area contributed by atoms with E-state index in [-0.39, 0.29) is 29.2 Å². The normalized spacial score (nSPS) is 28.0. The molecule has 6 heteroatoms. The van der Waals surface area contributed by atoms with Gasteiger partial charge in [0.1, 0.15) is 0 Å². The van der Waals surface area contributed by atoms with Crippen molar-refractivity contribution in [3.8, 4) is 5.75 Å². The largest absolute Gasteiger partial charge is 0.573 e. The van der Waals surface area contributed by atoms with Crippen molar-refractivity contribution in [1.29, 1.82) is 0 Å². The molecule has 6 atom stereocenters. The number of hydrogen-bond acceptors (Lipinski definition) is 3. The third-order valence-electron chi connectivity index (χ3n) is 9.34. The summed E-state index contributed by atoms with van der Waals surface area (Å²) >= 11 is 0. The fourth-order valence-electron chi connectivity index (χ4n) is 7.48. The van der Waals surface area contributed by atoms with Crippen molar-refractivity contribution in [2.45, 2.75) is 82.3 Å². The van der Waals surface area contributed by atoms with Gasteiger partial charge in [0.15, 0.2) is 5.75 Å². The molecule has 1 heterocycles. The van der Waals surface area contributed by atoms with E-state index in [1.165, 1.54) is 30.0 Å². The quantitative estimate of drug-likeness (QED) is 0.325. The highest BCUT2D eigenvalue weighted by Gasteiger charge is 2.59. The maximum Gasteiger partial charge on any atom is 0.573 e. The minimum atomic E-state index is -4.77. The van der Waals surface area contributed by atoms with Crippen LogP contribution in [-0.4, -0.2) is 24.5 Å². The molecule has 6 unspecified atom stereocenters. The van der Waals surface area contributed by atoms with E-state index in [1.54, 1.807) is 6.07 Å². The lowest BCUT2D eigenvalue weighted by Gasteiger charge is -2.38. The first-order valence-corrected chi connectivity index (χ1v) is 14.6. The van der Waals surface area contributed by atoms with Crippen molar-refractivity contribution in [1.82, 2.24) is 5.32 Å². The van der Waals surface area contributed by atoms with Gasteiger partial charge in [-0.1, -0.05) is 93.9 Å². The molecular weight excluding hydrogens is 509 g/mol. The summed E-state index contributed by atoms with van der Waals surface area (Å²) in [6.07, 6.45) is -0.114.